The zero-order valence-corrected chi connectivity index (χ0v) is 8.16. The van der Waals surface area contributed by atoms with Gasteiger partial charge in [0, 0.05) is 18.7 Å². The molecule has 1 aromatic rings. The lowest BCUT2D eigenvalue weighted by Crippen LogP contribution is -2.26. The first-order valence-electron chi connectivity index (χ1n) is 4.70. The van der Waals surface area contributed by atoms with E-state index >= 15 is 0 Å². The molecule has 0 aromatic heterocycles. The normalized spacial score (nSPS) is 16.4. The van der Waals surface area contributed by atoms with Gasteiger partial charge in [0.25, 0.3) is 0 Å². The Morgan fingerprint density at radius 2 is 2.29 bits per heavy atom. The van der Waals surface area contributed by atoms with Crippen molar-refractivity contribution in [2.45, 2.75) is 13.0 Å². The molecular formula is C11H13NO2. The molecule has 3 heteroatoms. The van der Waals surface area contributed by atoms with E-state index in [9.17, 15) is 9.90 Å². The molecule has 0 saturated carbocycles. The van der Waals surface area contributed by atoms with Crippen molar-refractivity contribution in [1.82, 2.24) is 4.90 Å². The summed E-state index contributed by atoms with van der Waals surface area (Å²) in [5, 5.41) is 9.79. The Morgan fingerprint density at radius 3 is 3.00 bits per heavy atom. The van der Waals surface area contributed by atoms with E-state index in [4.69, 9.17) is 0 Å². The minimum Gasteiger partial charge on any atom is -0.507 e. The minimum absolute atomic E-state index is 0.157. The molecule has 14 heavy (non-hydrogen) atoms. The predicted molar refractivity (Wildman–Crippen MR) is 53.5 cm³/mol. The summed E-state index contributed by atoms with van der Waals surface area (Å²) in [6.07, 6.45) is 1.64. The zero-order valence-electron chi connectivity index (χ0n) is 8.16. The summed E-state index contributed by atoms with van der Waals surface area (Å²) in [7, 11) is 2.01. The van der Waals surface area contributed by atoms with E-state index in [2.05, 4.69) is 4.90 Å². The number of aldehydes is 1. The van der Waals surface area contributed by atoms with Crippen molar-refractivity contribution >= 4 is 6.29 Å². The number of phenols is 1. The predicted octanol–water partition coefficient (Wildman–Crippen LogP) is 1.19. The Morgan fingerprint density at radius 1 is 1.50 bits per heavy atom. The first-order chi connectivity index (χ1) is 6.72. The third-order valence-electron chi connectivity index (χ3n) is 2.73. The van der Waals surface area contributed by atoms with Gasteiger partial charge in [0.15, 0.2) is 6.29 Å². The number of carbonyl (C=O) groups excluding carboxylic acids is 1. The number of carbonyl (C=O) groups is 1. The molecule has 0 atom stereocenters. The Balaban J connectivity index is 2.50. The molecule has 0 spiro atoms. The molecule has 2 rings (SSSR count). The van der Waals surface area contributed by atoms with Crippen LogP contribution in [0.5, 0.6) is 5.75 Å². The molecule has 1 aromatic carbocycles. The summed E-state index contributed by atoms with van der Waals surface area (Å²) in [5.41, 5.74) is 2.45. The van der Waals surface area contributed by atoms with Gasteiger partial charge in [-0.1, -0.05) is 6.07 Å². The molecule has 0 bridgehead atoms. The fraction of sp³-hybridized carbons (Fsp3) is 0.364. The number of phenolic OH excluding ortho intramolecular Hbond substituents is 1. The van der Waals surface area contributed by atoms with Crippen molar-refractivity contribution in [2.24, 2.45) is 0 Å². The molecule has 0 unspecified atom stereocenters. The lowest BCUT2D eigenvalue weighted by molar-refractivity contribution is 0.112. The fourth-order valence-electron chi connectivity index (χ4n) is 1.86. The van der Waals surface area contributed by atoms with Crippen LogP contribution in [0.1, 0.15) is 21.5 Å². The SMILES string of the molecule is CN1CCc2ccc(C=O)c(O)c2C1. The fourth-order valence-corrected chi connectivity index (χ4v) is 1.86. The van der Waals surface area contributed by atoms with E-state index in [1.807, 2.05) is 13.1 Å². The molecule has 0 fully saturated rings. The van der Waals surface area contributed by atoms with Gasteiger partial charge in [0.2, 0.25) is 0 Å². The Hall–Kier alpha value is -1.35. The number of nitrogens with zero attached hydrogens (tertiary/aromatic N) is 1. The Bertz CT molecular complexity index is 374. The third-order valence-corrected chi connectivity index (χ3v) is 2.73. The maximum atomic E-state index is 10.6. The van der Waals surface area contributed by atoms with E-state index in [0.29, 0.717) is 11.8 Å². The summed E-state index contributed by atoms with van der Waals surface area (Å²) in [6.45, 7) is 1.73. The first kappa shape index (κ1) is 9.21. The van der Waals surface area contributed by atoms with E-state index < -0.39 is 0 Å². The lowest BCUT2D eigenvalue weighted by Gasteiger charge is -2.25. The molecule has 1 aliphatic heterocycles. The van der Waals surface area contributed by atoms with Gasteiger partial charge in [-0.3, -0.25) is 4.79 Å². The maximum absolute atomic E-state index is 10.6. The molecule has 0 aliphatic carbocycles. The van der Waals surface area contributed by atoms with Crippen molar-refractivity contribution in [3.8, 4) is 5.75 Å². The molecule has 0 saturated heterocycles. The number of hydrogen-bond acceptors (Lipinski definition) is 3. The zero-order chi connectivity index (χ0) is 10.1. The lowest BCUT2D eigenvalue weighted by atomic mass is 9.97. The van der Waals surface area contributed by atoms with Crippen molar-refractivity contribution in [1.29, 1.82) is 0 Å². The number of aromatic hydroxyl groups is 1. The van der Waals surface area contributed by atoms with Crippen LogP contribution in [0.3, 0.4) is 0 Å². The van der Waals surface area contributed by atoms with Crippen molar-refractivity contribution < 1.29 is 9.90 Å². The van der Waals surface area contributed by atoms with Gasteiger partial charge in [-0.2, -0.15) is 0 Å². The van der Waals surface area contributed by atoms with E-state index in [1.165, 1.54) is 0 Å². The second-order valence-electron chi connectivity index (χ2n) is 3.75. The highest BCUT2D eigenvalue weighted by molar-refractivity contribution is 5.80. The molecule has 1 aliphatic rings. The van der Waals surface area contributed by atoms with Crippen molar-refractivity contribution in [3.63, 3.8) is 0 Å². The highest BCUT2D eigenvalue weighted by atomic mass is 16.3. The van der Waals surface area contributed by atoms with E-state index in [-0.39, 0.29) is 5.75 Å². The average Bonchev–Trinajstić information content (AvgIpc) is 2.20. The summed E-state index contributed by atoms with van der Waals surface area (Å²) in [6, 6.07) is 3.62. The Labute approximate surface area is 83.0 Å². The summed E-state index contributed by atoms with van der Waals surface area (Å²) in [4.78, 5) is 12.8. The number of fused-ring (bicyclic) bond motifs is 1. The van der Waals surface area contributed by atoms with Gasteiger partial charge in [-0.15, -0.1) is 0 Å². The molecule has 3 nitrogen and oxygen atoms in total. The summed E-state index contributed by atoms with van der Waals surface area (Å²) in [5.74, 6) is 0.157. The van der Waals surface area contributed by atoms with Gasteiger partial charge in [0.05, 0.1) is 5.56 Å². The number of benzene rings is 1. The van der Waals surface area contributed by atoms with Crippen LogP contribution >= 0.6 is 0 Å². The smallest absolute Gasteiger partial charge is 0.153 e. The number of rotatable bonds is 1. The van der Waals surface area contributed by atoms with Crippen LogP contribution in [-0.2, 0) is 13.0 Å². The van der Waals surface area contributed by atoms with E-state index in [1.54, 1.807) is 6.07 Å². The highest BCUT2D eigenvalue weighted by Crippen LogP contribution is 2.29. The summed E-state index contributed by atoms with van der Waals surface area (Å²) >= 11 is 0. The second-order valence-corrected chi connectivity index (χ2v) is 3.75. The monoisotopic (exact) mass is 191 g/mol. The standard InChI is InChI=1S/C11H13NO2/c1-12-5-4-8-2-3-9(7-13)11(14)10(8)6-12/h2-3,7,14H,4-6H2,1H3. The molecule has 0 radical (unpaired) electrons. The maximum Gasteiger partial charge on any atom is 0.153 e. The minimum atomic E-state index is 0.157. The quantitative estimate of drug-likeness (QED) is 0.678. The molecular weight excluding hydrogens is 178 g/mol. The Kier molecular flexibility index (Phi) is 2.25. The first-order valence-corrected chi connectivity index (χ1v) is 4.70. The van der Waals surface area contributed by atoms with Crippen LogP contribution in [0.4, 0.5) is 0 Å². The molecule has 1 N–H and O–H groups in total. The highest BCUT2D eigenvalue weighted by Gasteiger charge is 2.18. The van der Waals surface area contributed by atoms with Crippen LogP contribution in [-0.4, -0.2) is 29.9 Å². The number of likely N-dealkylation sites (N-methyl/N-ethyl adjacent to an activating group) is 1. The number of hydrogen-bond donors (Lipinski definition) is 1. The van der Waals surface area contributed by atoms with E-state index in [0.717, 1.165) is 30.6 Å². The molecule has 0 amide bonds. The van der Waals surface area contributed by atoms with Gasteiger partial charge in [0.1, 0.15) is 5.75 Å². The van der Waals surface area contributed by atoms with Crippen molar-refractivity contribution in [2.75, 3.05) is 13.6 Å². The van der Waals surface area contributed by atoms with Crippen LogP contribution in [0.2, 0.25) is 0 Å². The van der Waals surface area contributed by atoms with Crippen LogP contribution in [0, 0.1) is 0 Å². The van der Waals surface area contributed by atoms with Crippen LogP contribution in [0.25, 0.3) is 0 Å². The summed E-state index contributed by atoms with van der Waals surface area (Å²) < 4.78 is 0. The largest absolute Gasteiger partial charge is 0.507 e. The van der Waals surface area contributed by atoms with Gasteiger partial charge >= 0.3 is 0 Å². The molecule has 1 heterocycles. The van der Waals surface area contributed by atoms with Crippen LogP contribution in [0.15, 0.2) is 12.1 Å². The van der Waals surface area contributed by atoms with Gasteiger partial charge in [-0.25, -0.2) is 0 Å². The van der Waals surface area contributed by atoms with Crippen LogP contribution < -0.4 is 0 Å². The third kappa shape index (κ3) is 1.40. The topological polar surface area (TPSA) is 40.5 Å². The second kappa shape index (κ2) is 3.42. The molecule has 74 valence electrons. The van der Waals surface area contributed by atoms with Gasteiger partial charge < -0.3 is 10.0 Å². The average molecular weight is 191 g/mol. The van der Waals surface area contributed by atoms with Gasteiger partial charge in [-0.05, 0) is 25.1 Å². The van der Waals surface area contributed by atoms with Crippen molar-refractivity contribution in [3.05, 3.63) is 28.8 Å².